The lowest BCUT2D eigenvalue weighted by Crippen LogP contribution is -2.22. The second-order valence-corrected chi connectivity index (χ2v) is 5.25. The molecule has 2 atom stereocenters. The quantitative estimate of drug-likeness (QED) is 0.917. The first-order valence-corrected chi connectivity index (χ1v) is 6.94. The Hall–Kier alpha value is -1.68. The summed E-state index contributed by atoms with van der Waals surface area (Å²) < 4.78 is 2.01. The average molecular weight is 256 g/mol. The minimum absolute atomic E-state index is 0.0164. The smallest absolute Gasteiger partial charge is 0.0597 e. The molecule has 19 heavy (non-hydrogen) atoms. The molecule has 0 fully saturated rings. The highest BCUT2D eigenvalue weighted by atomic mass is 15.3. The standard InChI is InChI=1S/C15H20N4/c1-3-19-13(9-10(2)18-19)14(16)12-7-6-11-5-4-8-17-15(11)12/h4-5,8-9,12,14H,3,6-7,16H2,1-2H3. The van der Waals surface area contributed by atoms with E-state index in [1.807, 2.05) is 23.9 Å². The van der Waals surface area contributed by atoms with Crippen LogP contribution in [0.2, 0.25) is 0 Å². The van der Waals surface area contributed by atoms with Crippen LogP contribution in [0.25, 0.3) is 0 Å². The molecular formula is C15H20N4. The van der Waals surface area contributed by atoms with Gasteiger partial charge in [-0.25, -0.2) is 0 Å². The Morgan fingerprint density at radius 1 is 1.53 bits per heavy atom. The summed E-state index contributed by atoms with van der Waals surface area (Å²) in [7, 11) is 0. The van der Waals surface area contributed by atoms with Gasteiger partial charge in [-0.1, -0.05) is 6.07 Å². The highest BCUT2D eigenvalue weighted by Crippen LogP contribution is 2.39. The van der Waals surface area contributed by atoms with Crippen LogP contribution in [-0.4, -0.2) is 14.8 Å². The first-order chi connectivity index (χ1) is 9.20. The Bertz CT molecular complexity index is 588. The van der Waals surface area contributed by atoms with Gasteiger partial charge in [-0.3, -0.25) is 9.67 Å². The lowest BCUT2D eigenvalue weighted by Gasteiger charge is -2.20. The van der Waals surface area contributed by atoms with E-state index in [9.17, 15) is 0 Å². The van der Waals surface area contributed by atoms with E-state index in [1.54, 1.807) is 0 Å². The molecule has 2 aromatic heterocycles. The molecule has 0 saturated carbocycles. The Morgan fingerprint density at radius 3 is 3.16 bits per heavy atom. The zero-order chi connectivity index (χ0) is 13.4. The van der Waals surface area contributed by atoms with Crippen molar-refractivity contribution < 1.29 is 0 Å². The predicted molar refractivity (Wildman–Crippen MR) is 74.9 cm³/mol. The summed E-state index contributed by atoms with van der Waals surface area (Å²) in [6.07, 6.45) is 4.04. The summed E-state index contributed by atoms with van der Waals surface area (Å²) in [6.45, 7) is 4.98. The molecule has 2 heterocycles. The number of nitrogens with zero attached hydrogens (tertiary/aromatic N) is 3. The predicted octanol–water partition coefficient (Wildman–Crippen LogP) is 2.34. The fourth-order valence-corrected chi connectivity index (χ4v) is 3.09. The van der Waals surface area contributed by atoms with Crippen molar-refractivity contribution in [3.63, 3.8) is 0 Å². The van der Waals surface area contributed by atoms with Crippen LogP contribution in [0.5, 0.6) is 0 Å². The van der Waals surface area contributed by atoms with Crippen molar-refractivity contribution in [1.29, 1.82) is 0 Å². The van der Waals surface area contributed by atoms with Gasteiger partial charge in [0, 0.05) is 24.4 Å². The molecule has 1 aliphatic carbocycles. The van der Waals surface area contributed by atoms with Gasteiger partial charge in [0.2, 0.25) is 0 Å². The molecule has 4 heteroatoms. The van der Waals surface area contributed by atoms with E-state index in [-0.39, 0.29) is 6.04 Å². The molecule has 2 unspecified atom stereocenters. The number of hydrogen-bond acceptors (Lipinski definition) is 3. The topological polar surface area (TPSA) is 56.7 Å². The molecule has 2 aromatic rings. The fraction of sp³-hybridized carbons (Fsp3) is 0.467. The van der Waals surface area contributed by atoms with Crippen LogP contribution in [0.15, 0.2) is 24.4 Å². The highest BCUT2D eigenvalue weighted by Gasteiger charge is 2.31. The molecular weight excluding hydrogens is 236 g/mol. The molecule has 0 aromatic carbocycles. The maximum absolute atomic E-state index is 6.50. The van der Waals surface area contributed by atoms with E-state index < -0.39 is 0 Å². The molecule has 0 amide bonds. The van der Waals surface area contributed by atoms with E-state index in [1.165, 1.54) is 11.3 Å². The van der Waals surface area contributed by atoms with Gasteiger partial charge in [-0.05, 0) is 44.4 Å². The average Bonchev–Trinajstić information content (AvgIpc) is 3.01. The molecule has 0 aliphatic heterocycles. The first-order valence-electron chi connectivity index (χ1n) is 6.94. The second kappa shape index (κ2) is 4.78. The van der Waals surface area contributed by atoms with Gasteiger partial charge in [0.05, 0.1) is 17.4 Å². The molecule has 4 nitrogen and oxygen atoms in total. The summed E-state index contributed by atoms with van der Waals surface area (Å²) in [5.41, 5.74) is 11.2. The van der Waals surface area contributed by atoms with Crippen molar-refractivity contribution in [2.24, 2.45) is 5.73 Å². The zero-order valence-corrected chi connectivity index (χ0v) is 11.5. The van der Waals surface area contributed by atoms with Gasteiger partial charge in [-0.15, -0.1) is 0 Å². The van der Waals surface area contributed by atoms with Crippen LogP contribution in [-0.2, 0) is 13.0 Å². The molecule has 2 N–H and O–H groups in total. The Labute approximate surface area is 113 Å². The van der Waals surface area contributed by atoms with Gasteiger partial charge in [0.15, 0.2) is 0 Å². The molecule has 0 saturated heterocycles. The number of aromatic nitrogens is 3. The minimum Gasteiger partial charge on any atom is -0.322 e. The van der Waals surface area contributed by atoms with Crippen LogP contribution in [0, 0.1) is 6.92 Å². The summed E-state index contributed by atoms with van der Waals surface area (Å²) in [4.78, 5) is 4.54. The molecule has 0 spiro atoms. The maximum Gasteiger partial charge on any atom is 0.0597 e. The van der Waals surface area contributed by atoms with Gasteiger partial charge in [-0.2, -0.15) is 5.10 Å². The molecule has 3 rings (SSSR count). The van der Waals surface area contributed by atoms with Gasteiger partial charge in [0.1, 0.15) is 0 Å². The molecule has 100 valence electrons. The summed E-state index contributed by atoms with van der Waals surface area (Å²) in [5, 5.41) is 4.49. The van der Waals surface area contributed by atoms with Gasteiger partial charge >= 0.3 is 0 Å². The van der Waals surface area contributed by atoms with E-state index >= 15 is 0 Å². The van der Waals surface area contributed by atoms with E-state index in [2.05, 4.69) is 29.1 Å². The molecule has 0 radical (unpaired) electrons. The third-order valence-corrected chi connectivity index (χ3v) is 4.01. The largest absolute Gasteiger partial charge is 0.322 e. The van der Waals surface area contributed by atoms with E-state index in [4.69, 9.17) is 5.73 Å². The SMILES string of the molecule is CCn1nc(C)cc1C(N)C1CCc2cccnc21. The van der Waals surface area contributed by atoms with Gasteiger partial charge < -0.3 is 5.73 Å². The number of pyridine rings is 1. The lowest BCUT2D eigenvalue weighted by molar-refractivity contribution is 0.489. The highest BCUT2D eigenvalue weighted by molar-refractivity contribution is 5.32. The molecule has 0 bridgehead atoms. The van der Waals surface area contributed by atoms with Crippen LogP contribution in [0.4, 0.5) is 0 Å². The van der Waals surface area contributed by atoms with Gasteiger partial charge in [0.25, 0.3) is 0 Å². The Kier molecular flexibility index (Phi) is 3.11. The molecule has 1 aliphatic rings. The third-order valence-electron chi connectivity index (χ3n) is 4.01. The first kappa shape index (κ1) is 12.4. The van der Waals surface area contributed by atoms with Crippen LogP contribution < -0.4 is 5.73 Å². The van der Waals surface area contributed by atoms with Crippen LogP contribution in [0.3, 0.4) is 0 Å². The van der Waals surface area contributed by atoms with Crippen molar-refractivity contribution in [1.82, 2.24) is 14.8 Å². The van der Waals surface area contributed by atoms with Crippen molar-refractivity contribution in [2.45, 2.75) is 45.2 Å². The second-order valence-electron chi connectivity index (χ2n) is 5.25. The Morgan fingerprint density at radius 2 is 2.37 bits per heavy atom. The summed E-state index contributed by atoms with van der Waals surface area (Å²) >= 11 is 0. The van der Waals surface area contributed by atoms with Crippen molar-refractivity contribution in [2.75, 3.05) is 0 Å². The summed E-state index contributed by atoms with van der Waals surface area (Å²) in [6, 6.07) is 6.26. The van der Waals surface area contributed by atoms with Crippen molar-refractivity contribution in [3.05, 3.63) is 47.0 Å². The normalized spacial score (nSPS) is 19.4. The minimum atomic E-state index is -0.0164. The number of hydrogen-bond donors (Lipinski definition) is 1. The van der Waals surface area contributed by atoms with Crippen molar-refractivity contribution >= 4 is 0 Å². The third kappa shape index (κ3) is 2.06. The number of fused-ring (bicyclic) bond motifs is 1. The van der Waals surface area contributed by atoms with E-state index in [0.29, 0.717) is 5.92 Å². The number of nitrogens with two attached hydrogens (primary N) is 1. The Balaban J connectivity index is 1.95. The van der Waals surface area contributed by atoms with Crippen molar-refractivity contribution in [3.8, 4) is 0 Å². The van der Waals surface area contributed by atoms with Crippen LogP contribution >= 0.6 is 0 Å². The summed E-state index contributed by atoms with van der Waals surface area (Å²) in [5.74, 6) is 0.317. The van der Waals surface area contributed by atoms with Crippen LogP contribution in [0.1, 0.15) is 47.9 Å². The number of aryl methyl sites for hydroxylation is 3. The maximum atomic E-state index is 6.50. The lowest BCUT2D eigenvalue weighted by atomic mass is 9.95. The van der Waals surface area contributed by atoms with E-state index in [0.717, 1.165) is 30.8 Å². The monoisotopic (exact) mass is 256 g/mol. The number of rotatable bonds is 3. The zero-order valence-electron chi connectivity index (χ0n) is 11.5. The fourth-order valence-electron chi connectivity index (χ4n) is 3.09.